The van der Waals surface area contributed by atoms with Crippen molar-refractivity contribution >= 4 is 10.2 Å². The van der Waals surface area contributed by atoms with E-state index in [1.54, 1.807) is 9.10 Å². The van der Waals surface area contributed by atoms with Crippen molar-refractivity contribution < 1.29 is 8.42 Å². The van der Waals surface area contributed by atoms with E-state index in [0.29, 0.717) is 18.9 Å². The molecule has 1 aromatic heterocycles. The summed E-state index contributed by atoms with van der Waals surface area (Å²) >= 11 is 0. The van der Waals surface area contributed by atoms with Crippen molar-refractivity contribution in [1.82, 2.24) is 29.2 Å². The Morgan fingerprint density at radius 2 is 1.69 bits per heavy atom. The molecule has 2 heterocycles. The van der Waals surface area contributed by atoms with Crippen molar-refractivity contribution in [1.29, 1.82) is 0 Å². The average molecular weight is 376 g/mol. The highest BCUT2D eigenvalue weighted by molar-refractivity contribution is 7.87. The summed E-state index contributed by atoms with van der Waals surface area (Å²) in [5, 5.41) is 12.9. The Morgan fingerprint density at radius 3 is 2.38 bits per heavy atom. The molecule has 1 saturated carbocycles. The van der Waals surface area contributed by atoms with E-state index in [-0.39, 0.29) is 12.1 Å². The second kappa shape index (κ2) is 7.42. The first-order chi connectivity index (χ1) is 12.6. The number of aromatic nitrogens is 4. The zero-order valence-electron chi connectivity index (χ0n) is 14.7. The van der Waals surface area contributed by atoms with Gasteiger partial charge < -0.3 is 0 Å². The third-order valence-electron chi connectivity index (χ3n) is 5.20. The fraction of sp³-hybridized carbons (Fsp3) is 0.588. The number of nitrogens with zero attached hydrogens (tertiary/aromatic N) is 5. The largest absolute Gasteiger partial charge is 0.279 e. The van der Waals surface area contributed by atoms with Gasteiger partial charge in [0.25, 0.3) is 10.2 Å². The highest BCUT2D eigenvalue weighted by Gasteiger charge is 2.31. The molecule has 2 fully saturated rings. The zero-order chi connectivity index (χ0) is 18.0. The van der Waals surface area contributed by atoms with E-state index in [2.05, 4.69) is 20.1 Å². The maximum Gasteiger partial charge on any atom is 0.279 e. The van der Waals surface area contributed by atoms with Gasteiger partial charge in [-0.25, -0.2) is 0 Å². The van der Waals surface area contributed by atoms with Crippen molar-refractivity contribution in [3.63, 3.8) is 0 Å². The first-order valence-corrected chi connectivity index (χ1v) is 10.7. The van der Waals surface area contributed by atoms with Crippen molar-refractivity contribution in [2.75, 3.05) is 13.1 Å². The summed E-state index contributed by atoms with van der Waals surface area (Å²) in [7, 11) is -3.34. The third kappa shape index (κ3) is 3.79. The van der Waals surface area contributed by atoms with Crippen LogP contribution in [0.2, 0.25) is 0 Å². The molecule has 26 heavy (non-hydrogen) atoms. The number of tetrazole rings is 1. The molecule has 0 unspecified atom stereocenters. The summed E-state index contributed by atoms with van der Waals surface area (Å²) in [5.74, 6) is 0.627. The maximum atomic E-state index is 12.4. The Labute approximate surface area is 153 Å². The fourth-order valence-electron chi connectivity index (χ4n) is 3.72. The predicted octanol–water partition coefficient (Wildman–Crippen LogP) is 1.75. The molecule has 1 saturated heterocycles. The van der Waals surface area contributed by atoms with E-state index >= 15 is 0 Å². The quantitative estimate of drug-likeness (QED) is 0.858. The van der Waals surface area contributed by atoms with Crippen LogP contribution in [0.15, 0.2) is 30.3 Å². The Balaban J connectivity index is 1.34. The van der Waals surface area contributed by atoms with Gasteiger partial charge in [-0.05, 0) is 43.7 Å². The fourth-order valence-corrected chi connectivity index (χ4v) is 5.27. The van der Waals surface area contributed by atoms with E-state index in [1.807, 2.05) is 30.3 Å². The maximum absolute atomic E-state index is 12.4. The Hall–Kier alpha value is -1.84. The summed E-state index contributed by atoms with van der Waals surface area (Å²) in [5.41, 5.74) is 0.950. The summed E-state index contributed by atoms with van der Waals surface area (Å²) in [6.45, 7) is 1.27. The minimum Gasteiger partial charge on any atom is -0.199 e. The van der Waals surface area contributed by atoms with Crippen molar-refractivity contribution in [2.45, 2.75) is 50.6 Å². The van der Waals surface area contributed by atoms with Gasteiger partial charge in [-0.2, -0.15) is 22.2 Å². The number of benzene rings is 1. The van der Waals surface area contributed by atoms with Gasteiger partial charge in [-0.15, -0.1) is 10.2 Å². The van der Waals surface area contributed by atoms with Crippen LogP contribution in [0.1, 0.15) is 44.6 Å². The molecule has 2 aromatic rings. The van der Waals surface area contributed by atoms with Gasteiger partial charge in [0.2, 0.25) is 5.82 Å². The highest BCUT2D eigenvalue weighted by atomic mass is 32.2. The minimum absolute atomic E-state index is 0.00559. The Morgan fingerprint density at radius 1 is 1.00 bits per heavy atom. The lowest BCUT2D eigenvalue weighted by molar-refractivity contribution is 0.267. The molecule has 9 heteroatoms. The van der Waals surface area contributed by atoms with Gasteiger partial charge in [-0.3, -0.25) is 0 Å². The first-order valence-electron chi connectivity index (χ1n) is 9.24. The van der Waals surface area contributed by atoms with Crippen LogP contribution in [-0.4, -0.2) is 52.1 Å². The van der Waals surface area contributed by atoms with Gasteiger partial charge >= 0.3 is 0 Å². The molecule has 1 N–H and O–H groups in total. The van der Waals surface area contributed by atoms with E-state index in [0.717, 1.165) is 44.1 Å². The second-order valence-electron chi connectivity index (χ2n) is 7.03. The smallest absolute Gasteiger partial charge is 0.199 e. The van der Waals surface area contributed by atoms with E-state index < -0.39 is 10.2 Å². The molecule has 0 amide bonds. The summed E-state index contributed by atoms with van der Waals surface area (Å²) in [6, 6.07) is 9.96. The van der Waals surface area contributed by atoms with Gasteiger partial charge in [0, 0.05) is 24.7 Å². The molecule has 1 aliphatic heterocycles. The minimum atomic E-state index is -3.34. The molecule has 0 radical (unpaired) electrons. The van der Waals surface area contributed by atoms with Crippen LogP contribution in [0, 0.1) is 0 Å². The lowest BCUT2D eigenvalue weighted by Gasteiger charge is -2.29. The third-order valence-corrected chi connectivity index (χ3v) is 6.88. The second-order valence-corrected chi connectivity index (χ2v) is 8.74. The first kappa shape index (κ1) is 17.6. The summed E-state index contributed by atoms with van der Waals surface area (Å²) in [4.78, 5) is 1.69. The van der Waals surface area contributed by atoms with Gasteiger partial charge in [0.1, 0.15) is 0 Å². The van der Waals surface area contributed by atoms with E-state index in [4.69, 9.17) is 0 Å². The van der Waals surface area contributed by atoms with Crippen LogP contribution in [0.3, 0.4) is 0 Å². The molecule has 140 valence electrons. The van der Waals surface area contributed by atoms with Crippen LogP contribution in [0.25, 0.3) is 11.4 Å². The number of hydrogen-bond acceptors (Lipinski definition) is 5. The molecule has 1 aromatic carbocycles. The number of rotatable bonds is 5. The van der Waals surface area contributed by atoms with Crippen LogP contribution in [-0.2, 0) is 10.2 Å². The Bertz CT molecular complexity index is 824. The van der Waals surface area contributed by atoms with Crippen LogP contribution in [0.5, 0.6) is 0 Å². The van der Waals surface area contributed by atoms with Crippen LogP contribution in [0.4, 0.5) is 0 Å². The van der Waals surface area contributed by atoms with Gasteiger partial charge in [0.15, 0.2) is 0 Å². The van der Waals surface area contributed by atoms with Crippen LogP contribution < -0.4 is 4.72 Å². The number of nitrogens with one attached hydrogen (secondary N) is 1. The Kier molecular flexibility index (Phi) is 5.01. The molecule has 2 aliphatic rings. The standard InChI is InChI=1S/C17H24N6O2S/c24-26(25,22-12-4-5-13-22)20-15-8-10-16(11-9-15)23-19-17(18-21-23)14-6-2-1-3-7-14/h1-3,6-7,15-16,20H,4-5,8-13H2. The summed E-state index contributed by atoms with van der Waals surface area (Å²) in [6.07, 6.45) is 5.18. The number of hydrogen-bond donors (Lipinski definition) is 1. The van der Waals surface area contributed by atoms with Gasteiger partial charge in [0.05, 0.1) is 6.04 Å². The summed E-state index contributed by atoms with van der Waals surface area (Å²) < 4.78 is 29.2. The normalized spacial score (nSPS) is 24.8. The predicted molar refractivity (Wildman–Crippen MR) is 97.4 cm³/mol. The molecular formula is C17H24N6O2S. The van der Waals surface area contributed by atoms with Crippen molar-refractivity contribution in [3.05, 3.63) is 30.3 Å². The lowest BCUT2D eigenvalue weighted by atomic mass is 9.92. The molecular weight excluding hydrogens is 352 g/mol. The molecule has 0 spiro atoms. The lowest BCUT2D eigenvalue weighted by Crippen LogP contribution is -2.45. The van der Waals surface area contributed by atoms with Crippen LogP contribution >= 0.6 is 0 Å². The van der Waals surface area contributed by atoms with E-state index in [1.165, 1.54) is 0 Å². The van der Waals surface area contributed by atoms with E-state index in [9.17, 15) is 8.42 Å². The average Bonchev–Trinajstić information content (AvgIpc) is 3.35. The molecule has 8 nitrogen and oxygen atoms in total. The zero-order valence-corrected chi connectivity index (χ0v) is 15.5. The molecule has 1 aliphatic carbocycles. The molecule has 0 atom stereocenters. The SMILES string of the molecule is O=S(=O)(NC1CCC(n2nnc(-c3ccccc3)n2)CC1)N1CCCC1. The monoisotopic (exact) mass is 376 g/mol. The van der Waals surface area contributed by atoms with Gasteiger partial charge in [-0.1, -0.05) is 30.3 Å². The van der Waals surface area contributed by atoms with Crippen molar-refractivity contribution in [3.8, 4) is 11.4 Å². The van der Waals surface area contributed by atoms with Crippen molar-refractivity contribution in [2.24, 2.45) is 0 Å². The molecule has 0 bridgehead atoms. The molecule has 4 rings (SSSR count). The topological polar surface area (TPSA) is 93.0 Å². The highest BCUT2D eigenvalue weighted by Crippen LogP contribution is 2.28.